The second kappa shape index (κ2) is 5.17. The van der Waals surface area contributed by atoms with Gasteiger partial charge in [0.15, 0.2) is 5.60 Å². The monoisotopic (exact) mass is 325 g/mol. The summed E-state index contributed by atoms with van der Waals surface area (Å²) in [4.78, 5) is 18.8. The number of para-hydroxylation sites is 2. The average molecular weight is 325 g/mol. The minimum atomic E-state index is -1.11. The molecular formula is C17H19N5O2. The summed E-state index contributed by atoms with van der Waals surface area (Å²) in [7, 11) is 3.64. The summed E-state index contributed by atoms with van der Waals surface area (Å²) in [5, 5.41) is 16.6. The lowest BCUT2D eigenvalue weighted by Gasteiger charge is -2.46. The van der Waals surface area contributed by atoms with E-state index in [1.165, 1.54) is 0 Å². The molecule has 1 fully saturated rings. The van der Waals surface area contributed by atoms with Crippen molar-refractivity contribution in [2.45, 2.75) is 12.0 Å². The number of rotatable bonds is 2. The van der Waals surface area contributed by atoms with Gasteiger partial charge >= 0.3 is 0 Å². The first-order chi connectivity index (χ1) is 11.5. The maximum Gasteiger partial charge on any atom is 0.271 e. The van der Waals surface area contributed by atoms with Crippen molar-refractivity contribution in [2.75, 3.05) is 20.1 Å². The normalized spacial score (nSPS) is 19.4. The lowest BCUT2D eigenvalue weighted by Crippen LogP contribution is -2.62. The number of likely N-dealkylation sites (tertiary alicyclic amines) is 1. The molecule has 24 heavy (non-hydrogen) atoms. The quantitative estimate of drug-likeness (QED) is 0.887. The third kappa shape index (κ3) is 2.12. The van der Waals surface area contributed by atoms with E-state index in [4.69, 9.17) is 0 Å². The number of amides is 1. The molecule has 0 spiro atoms. The van der Waals surface area contributed by atoms with Crippen molar-refractivity contribution in [2.24, 2.45) is 12.1 Å². The van der Waals surface area contributed by atoms with Crippen LogP contribution in [0.15, 0.2) is 41.1 Å². The van der Waals surface area contributed by atoms with Crippen molar-refractivity contribution in [3.05, 3.63) is 41.9 Å². The number of hydrazone groups is 1. The van der Waals surface area contributed by atoms with Gasteiger partial charge in [0.05, 0.1) is 24.1 Å². The molecule has 0 saturated carbocycles. The zero-order valence-corrected chi connectivity index (χ0v) is 13.7. The molecule has 1 aromatic carbocycles. The van der Waals surface area contributed by atoms with Crippen LogP contribution in [0.1, 0.15) is 12.2 Å². The fraction of sp³-hybridized carbons (Fsp3) is 0.353. The SMILES string of the molecule is CN1N=CCC=C1C(=O)N1CC(O)(c2nc3ccccc3n2C)C1. The Hall–Kier alpha value is -2.67. The minimum Gasteiger partial charge on any atom is -0.378 e. The van der Waals surface area contributed by atoms with E-state index in [9.17, 15) is 9.90 Å². The Morgan fingerprint density at radius 1 is 1.25 bits per heavy atom. The van der Waals surface area contributed by atoms with Crippen molar-refractivity contribution in [3.8, 4) is 0 Å². The van der Waals surface area contributed by atoms with Gasteiger partial charge in [0.25, 0.3) is 5.91 Å². The number of allylic oxidation sites excluding steroid dienone is 1. The van der Waals surface area contributed by atoms with Crippen molar-refractivity contribution < 1.29 is 9.90 Å². The van der Waals surface area contributed by atoms with Crippen molar-refractivity contribution in [3.63, 3.8) is 0 Å². The third-order valence-corrected chi connectivity index (χ3v) is 4.63. The van der Waals surface area contributed by atoms with Gasteiger partial charge in [0.2, 0.25) is 0 Å². The zero-order valence-electron chi connectivity index (χ0n) is 13.7. The van der Waals surface area contributed by atoms with Crippen molar-refractivity contribution in [1.82, 2.24) is 19.5 Å². The van der Waals surface area contributed by atoms with Crippen LogP contribution in [0.4, 0.5) is 0 Å². The molecule has 1 N–H and O–H groups in total. The largest absolute Gasteiger partial charge is 0.378 e. The van der Waals surface area contributed by atoms with E-state index in [1.54, 1.807) is 23.2 Å². The van der Waals surface area contributed by atoms with Crippen LogP contribution in [0.25, 0.3) is 11.0 Å². The standard InChI is InChI=1S/C17H19N5O2/c1-20-13-7-4-3-6-12(13)19-16(20)17(24)10-22(11-17)15(23)14-8-5-9-18-21(14)2/h3-4,6-9,24H,5,10-11H2,1-2H3. The summed E-state index contributed by atoms with van der Waals surface area (Å²) >= 11 is 0. The number of nitrogens with zero attached hydrogens (tertiary/aromatic N) is 5. The summed E-state index contributed by atoms with van der Waals surface area (Å²) in [5.41, 5.74) is 1.25. The number of benzene rings is 1. The Kier molecular flexibility index (Phi) is 3.21. The predicted molar refractivity (Wildman–Crippen MR) is 90.1 cm³/mol. The molecule has 1 saturated heterocycles. The van der Waals surface area contributed by atoms with Crippen LogP contribution in [-0.4, -0.2) is 56.8 Å². The Labute approximate surface area is 139 Å². The summed E-state index contributed by atoms with van der Waals surface area (Å²) in [6, 6.07) is 7.76. The molecular weight excluding hydrogens is 306 g/mol. The second-order valence-corrected chi connectivity index (χ2v) is 6.32. The van der Waals surface area contributed by atoms with Gasteiger partial charge in [-0.1, -0.05) is 12.1 Å². The van der Waals surface area contributed by atoms with E-state index in [-0.39, 0.29) is 19.0 Å². The van der Waals surface area contributed by atoms with Gasteiger partial charge in [-0.25, -0.2) is 4.98 Å². The number of imidazole rings is 1. The van der Waals surface area contributed by atoms with Gasteiger partial charge in [-0.2, -0.15) is 5.10 Å². The Bertz CT molecular complexity index is 876. The van der Waals surface area contributed by atoms with Crippen LogP contribution in [0.3, 0.4) is 0 Å². The number of β-amino-alcohol motifs (C(OH)–C–C–N with tert-alkyl or cyclic N) is 1. The van der Waals surface area contributed by atoms with E-state index in [2.05, 4.69) is 10.1 Å². The number of carbonyl (C=O) groups is 1. The molecule has 4 rings (SSSR count). The Morgan fingerprint density at radius 3 is 2.71 bits per heavy atom. The lowest BCUT2D eigenvalue weighted by molar-refractivity contribution is -0.156. The highest BCUT2D eigenvalue weighted by molar-refractivity contribution is 5.94. The first kappa shape index (κ1) is 14.9. The maximum absolute atomic E-state index is 12.6. The zero-order chi connectivity index (χ0) is 16.9. The van der Waals surface area contributed by atoms with Crippen LogP contribution in [0.2, 0.25) is 0 Å². The van der Waals surface area contributed by atoms with Crippen LogP contribution < -0.4 is 0 Å². The lowest BCUT2D eigenvalue weighted by atomic mass is 9.92. The molecule has 0 aliphatic carbocycles. The predicted octanol–water partition coefficient (Wildman–Crippen LogP) is 0.808. The van der Waals surface area contributed by atoms with Crippen LogP contribution in [0.5, 0.6) is 0 Å². The number of hydrogen-bond donors (Lipinski definition) is 1. The highest BCUT2D eigenvalue weighted by atomic mass is 16.3. The highest BCUT2D eigenvalue weighted by Gasteiger charge is 2.49. The average Bonchev–Trinajstić information content (AvgIpc) is 2.90. The summed E-state index contributed by atoms with van der Waals surface area (Å²) < 4.78 is 1.90. The molecule has 0 unspecified atom stereocenters. The summed E-state index contributed by atoms with van der Waals surface area (Å²) in [6.07, 6.45) is 4.25. The second-order valence-electron chi connectivity index (χ2n) is 6.32. The first-order valence-corrected chi connectivity index (χ1v) is 7.89. The molecule has 3 heterocycles. The van der Waals surface area contributed by atoms with Gasteiger partial charge in [0.1, 0.15) is 11.5 Å². The first-order valence-electron chi connectivity index (χ1n) is 7.89. The number of hydrogen-bond acceptors (Lipinski definition) is 5. The Balaban J connectivity index is 1.56. The number of aliphatic hydroxyl groups is 1. The molecule has 0 bridgehead atoms. The molecule has 7 heteroatoms. The molecule has 2 aliphatic heterocycles. The smallest absolute Gasteiger partial charge is 0.271 e. The molecule has 0 radical (unpaired) electrons. The number of aryl methyl sites for hydroxylation is 1. The highest BCUT2D eigenvalue weighted by Crippen LogP contribution is 2.34. The number of likely N-dealkylation sites (N-methyl/N-ethyl adjacent to an activating group) is 1. The van der Waals surface area contributed by atoms with E-state index in [0.717, 1.165) is 11.0 Å². The van der Waals surface area contributed by atoms with Gasteiger partial charge in [-0.05, 0) is 18.2 Å². The van der Waals surface area contributed by atoms with Gasteiger partial charge in [0, 0.05) is 26.7 Å². The van der Waals surface area contributed by atoms with E-state index in [0.29, 0.717) is 17.9 Å². The Morgan fingerprint density at radius 2 is 2.00 bits per heavy atom. The van der Waals surface area contributed by atoms with Gasteiger partial charge in [-0.15, -0.1) is 0 Å². The molecule has 0 atom stereocenters. The van der Waals surface area contributed by atoms with Crippen molar-refractivity contribution in [1.29, 1.82) is 0 Å². The minimum absolute atomic E-state index is 0.113. The van der Waals surface area contributed by atoms with Crippen LogP contribution >= 0.6 is 0 Å². The maximum atomic E-state index is 12.6. The summed E-state index contributed by atoms with van der Waals surface area (Å²) in [6.45, 7) is 0.468. The number of aromatic nitrogens is 2. The number of fused-ring (bicyclic) bond motifs is 1. The van der Waals surface area contributed by atoms with E-state index < -0.39 is 5.60 Å². The molecule has 2 aromatic rings. The molecule has 2 aliphatic rings. The van der Waals surface area contributed by atoms with Crippen molar-refractivity contribution >= 4 is 23.2 Å². The fourth-order valence-electron chi connectivity index (χ4n) is 3.35. The molecule has 1 amide bonds. The molecule has 1 aromatic heterocycles. The fourth-order valence-corrected chi connectivity index (χ4v) is 3.35. The van der Waals surface area contributed by atoms with E-state index >= 15 is 0 Å². The molecule has 7 nitrogen and oxygen atoms in total. The molecule has 124 valence electrons. The third-order valence-electron chi connectivity index (χ3n) is 4.63. The number of carbonyl (C=O) groups excluding carboxylic acids is 1. The topological polar surface area (TPSA) is 74.0 Å². The van der Waals surface area contributed by atoms with Crippen LogP contribution in [-0.2, 0) is 17.4 Å². The van der Waals surface area contributed by atoms with Gasteiger partial charge in [-0.3, -0.25) is 9.80 Å². The summed E-state index contributed by atoms with van der Waals surface area (Å²) in [5.74, 6) is 0.481. The van der Waals surface area contributed by atoms with Gasteiger partial charge < -0.3 is 14.6 Å². The van der Waals surface area contributed by atoms with E-state index in [1.807, 2.05) is 42.0 Å². The van der Waals surface area contributed by atoms with Crippen LogP contribution in [0, 0.1) is 0 Å².